The third-order valence-corrected chi connectivity index (χ3v) is 2.93. The maximum Gasteiger partial charge on any atom is 0.313 e. The minimum Gasteiger partial charge on any atom is -0.496 e. The highest BCUT2D eigenvalue weighted by molar-refractivity contribution is 5.77. The second-order valence-corrected chi connectivity index (χ2v) is 4.42. The van der Waals surface area contributed by atoms with Crippen LogP contribution in [0.2, 0.25) is 0 Å². The summed E-state index contributed by atoms with van der Waals surface area (Å²) in [5, 5.41) is 9.21. The van der Waals surface area contributed by atoms with Gasteiger partial charge in [0.2, 0.25) is 0 Å². The van der Waals surface area contributed by atoms with Gasteiger partial charge < -0.3 is 9.84 Å². The summed E-state index contributed by atoms with van der Waals surface area (Å²) >= 11 is 0. The van der Waals surface area contributed by atoms with Crippen molar-refractivity contribution in [1.29, 1.82) is 0 Å². The van der Waals surface area contributed by atoms with Crippen LogP contribution in [0.5, 0.6) is 5.75 Å². The molecule has 0 heterocycles. The molecule has 1 atom stereocenters. The highest BCUT2D eigenvalue weighted by atomic mass is 16.5. The van der Waals surface area contributed by atoms with Crippen molar-refractivity contribution in [2.45, 2.75) is 20.3 Å². The molecule has 1 rings (SSSR count). The minimum absolute atomic E-state index is 0.372. The first-order valence-corrected chi connectivity index (χ1v) is 5.43. The molecular formula is C14H18O3. The Balaban J connectivity index is 3.13. The van der Waals surface area contributed by atoms with Crippen molar-refractivity contribution in [3.8, 4) is 5.75 Å². The van der Waals surface area contributed by atoms with E-state index < -0.39 is 11.4 Å². The van der Waals surface area contributed by atoms with Crippen molar-refractivity contribution < 1.29 is 14.6 Å². The lowest BCUT2D eigenvalue weighted by molar-refractivity contribution is -0.145. The number of rotatable bonds is 5. The van der Waals surface area contributed by atoms with E-state index in [2.05, 4.69) is 6.58 Å². The lowest BCUT2D eigenvalue weighted by atomic mass is 9.83. The van der Waals surface area contributed by atoms with Crippen molar-refractivity contribution in [2.75, 3.05) is 7.11 Å². The smallest absolute Gasteiger partial charge is 0.313 e. The summed E-state index contributed by atoms with van der Waals surface area (Å²) in [7, 11) is 1.58. The molecular weight excluding hydrogens is 216 g/mol. The molecule has 0 radical (unpaired) electrons. The molecule has 1 unspecified atom stereocenters. The first-order valence-electron chi connectivity index (χ1n) is 5.43. The molecule has 0 aliphatic heterocycles. The minimum atomic E-state index is -0.971. The average Bonchev–Trinajstić information content (AvgIpc) is 2.29. The molecule has 0 saturated carbocycles. The van der Waals surface area contributed by atoms with Crippen LogP contribution in [0.4, 0.5) is 0 Å². The van der Waals surface area contributed by atoms with Gasteiger partial charge in [-0.25, -0.2) is 0 Å². The molecule has 0 amide bonds. The molecule has 0 fully saturated rings. The second kappa shape index (κ2) is 5.04. The average molecular weight is 234 g/mol. The largest absolute Gasteiger partial charge is 0.496 e. The molecule has 1 N–H and O–H groups in total. The van der Waals surface area contributed by atoms with Crippen LogP contribution < -0.4 is 4.74 Å². The van der Waals surface area contributed by atoms with Gasteiger partial charge in [0.25, 0.3) is 0 Å². The van der Waals surface area contributed by atoms with Crippen LogP contribution in [0, 0.1) is 12.3 Å². The standard InChI is InChI=1S/C14H18O3/c1-5-14(3,13(15)16)9-11-8-10(2)6-7-12(11)17-4/h5-8H,1,9H2,2-4H3,(H,15,16). The maximum absolute atomic E-state index is 11.2. The Kier molecular flexibility index (Phi) is 3.94. The van der Waals surface area contributed by atoms with Crippen LogP contribution in [0.3, 0.4) is 0 Å². The molecule has 0 aliphatic rings. The van der Waals surface area contributed by atoms with E-state index in [-0.39, 0.29) is 0 Å². The third kappa shape index (κ3) is 2.87. The highest BCUT2D eigenvalue weighted by Gasteiger charge is 2.30. The summed E-state index contributed by atoms with van der Waals surface area (Å²) in [6.45, 7) is 7.23. The van der Waals surface area contributed by atoms with Crippen molar-refractivity contribution in [3.63, 3.8) is 0 Å². The number of methoxy groups -OCH3 is 1. The second-order valence-electron chi connectivity index (χ2n) is 4.42. The van der Waals surface area contributed by atoms with Gasteiger partial charge >= 0.3 is 5.97 Å². The molecule has 92 valence electrons. The quantitative estimate of drug-likeness (QED) is 0.797. The third-order valence-electron chi connectivity index (χ3n) is 2.93. The molecule has 0 aromatic heterocycles. The number of carboxylic acids is 1. The Hall–Kier alpha value is -1.77. The number of carboxylic acid groups (broad SMARTS) is 1. The van der Waals surface area contributed by atoms with Gasteiger partial charge in [0.1, 0.15) is 5.75 Å². The molecule has 3 heteroatoms. The number of carbonyl (C=O) groups is 1. The van der Waals surface area contributed by atoms with Gasteiger partial charge in [-0.15, -0.1) is 6.58 Å². The van der Waals surface area contributed by atoms with Crippen LogP contribution in [-0.4, -0.2) is 18.2 Å². The van der Waals surface area contributed by atoms with E-state index in [0.29, 0.717) is 12.2 Å². The van der Waals surface area contributed by atoms with Gasteiger partial charge in [-0.05, 0) is 31.9 Å². The Morgan fingerprint density at radius 2 is 2.24 bits per heavy atom. The normalized spacial score (nSPS) is 13.8. The lowest BCUT2D eigenvalue weighted by Crippen LogP contribution is -2.27. The lowest BCUT2D eigenvalue weighted by Gasteiger charge is -2.21. The van der Waals surface area contributed by atoms with Crippen LogP contribution in [-0.2, 0) is 11.2 Å². The monoisotopic (exact) mass is 234 g/mol. The summed E-state index contributed by atoms with van der Waals surface area (Å²) in [6.07, 6.45) is 1.84. The fourth-order valence-electron chi connectivity index (χ4n) is 1.68. The molecule has 0 spiro atoms. The van der Waals surface area contributed by atoms with E-state index in [1.807, 2.05) is 25.1 Å². The van der Waals surface area contributed by atoms with E-state index >= 15 is 0 Å². The summed E-state index contributed by atoms with van der Waals surface area (Å²) < 4.78 is 5.24. The zero-order chi connectivity index (χ0) is 13.1. The predicted octanol–water partition coefficient (Wildman–Crippen LogP) is 2.82. The SMILES string of the molecule is C=CC(C)(Cc1cc(C)ccc1OC)C(=O)O. The highest BCUT2D eigenvalue weighted by Crippen LogP contribution is 2.30. The van der Waals surface area contributed by atoms with Crippen molar-refractivity contribution in [1.82, 2.24) is 0 Å². The van der Waals surface area contributed by atoms with E-state index in [4.69, 9.17) is 4.74 Å². The number of benzene rings is 1. The van der Waals surface area contributed by atoms with Crippen LogP contribution in [0.1, 0.15) is 18.1 Å². The number of hydrogen-bond acceptors (Lipinski definition) is 2. The van der Waals surface area contributed by atoms with Crippen molar-refractivity contribution >= 4 is 5.97 Å². The summed E-state index contributed by atoms with van der Waals surface area (Å²) in [4.78, 5) is 11.2. The number of aryl methyl sites for hydroxylation is 1. The molecule has 0 saturated heterocycles. The van der Waals surface area contributed by atoms with Gasteiger partial charge in [-0.1, -0.05) is 23.8 Å². The Morgan fingerprint density at radius 3 is 2.71 bits per heavy atom. The van der Waals surface area contributed by atoms with E-state index in [1.54, 1.807) is 14.0 Å². The zero-order valence-electron chi connectivity index (χ0n) is 10.5. The van der Waals surface area contributed by atoms with Gasteiger partial charge in [-0.3, -0.25) is 4.79 Å². The topological polar surface area (TPSA) is 46.5 Å². The first-order chi connectivity index (χ1) is 7.92. The fraction of sp³-hybridized carbons (Fsp3) is 0.357. The van der Waals surface area contributed by atoms with Gasteiger partial charge in [-0.2, -0.15) is 0 Å². The predicted molar refractivity (Wildman–Crippen MR) is 67.4 cm³/mol. The number of hydrogen-bond donors (Lipinski definition) is 1. The van der Waals surface area contributed by atoms with Crippen LogP contribution >= 0.6 is 0 Å². The Morgan fingerprint density at radius 1 is 1.59 bits per heavy atom. The van der Waals surface area contributed by atoms with Gasteiger partial charge in [0, 0.05) is 0 Å². The molecule has 0 aliphatic carbocycles. The maximum atomic E-state index is 11.2. The molecule has 1 aromatic carbocycles. The first kappa shape index (κ1) is 13.3. The molecule has 1 aromatic rings. The van der Waals surface area contributed by atoms with Crippen molar-refractivity contribution in [3.05, 3.63) is 42.0 Å². The van der Waals surface area contributed by atoms with Crippen LogP contribution in [0.15, 0.2) is 30.9 Å². The van der Waals surface area contributed by atoms with E-state index in [9.17, 15) is 9.90 Å². The Labute approximate surface area is 102 Å². The number of aliphatic carboxylic acids is 1. The Bertz CT molecular complexity index is 437. The van der Waals surface area contributed by atoms with Crippen molar-refractivity contribution in [2.24, 2.45) is 5.41 Å². The van der Waals surface area contributed by atoms with Gasteiger partial charge in [0.15, 0.2) is 0 Å². The zero-order valence-corrected chi connectivity index (χ0v) is 10.5. The van der Waals surface area contributed by atoms with E-state index in [1.165, 1.54) is 6.08 Å². The number of ether oxygens (including phenoxy) is 1. The summed E-state index contributed by atoms with van der Waals surface area (Å²) in [5.74, 6) is -0.166. The molecule has 0 bridgehead atoms. The van der Waals surface area contributed by atoms with E-state index in [0.717, 1.165) is 11.1 Å². The van der Waals surface area contributed by atoms with Gasteiger partial charge in [0.05, 0.1) is 12.5 Å². The van der Waals surface area contributed by atoms with Crippen LogP contribution in [0.25, 0.3) is 0 Å². The molecule has 3 nitrogen and oxygen atoms in total. The summed E-state index contributed by atoms with van der Waals surface area (Å²) in [5.41, 5.74) is 0.996. The fourth-order valence-corrected chi connectivity index (χ4v) is 1.68. The summed E-state index contributed by atoms with van der Waals surface area (Å²) in [6, 6.07) is 5.74. The molecule has 17 heavy (non-hydrogen) atoms.